The third-order valence-electron chi connectivity index (χ3n) is 10.4. The SMILES string of the molecule is CSc1cccc(NC(=O)[C@@H]2[C@@H]3C=C[C@]4(O3)[C@@H]2C(=O)N(CCN2CCCCC2)[C@H]4C(=O)N[C@@H]2CCC[C@@H](C)[C@@H]2C)c1. The molecule has 222 valence electrons. The molecule has 6 rings (SSSR count). The molecule has 1 spiro atoms. The molecule has 2 N–H and O–H groups in total. The van der Waals surface area contributed by atoms with E-state index in [0.29, 0.717) is 24.1 Å². The van der Waals surface area contributed by atoms with Gasteiger partial charge in [0.15, 0.2) is 0 Å². The number of rotatable bonds is 8. The summed E-state index contributed by atoms with van der Waals surface area (Å²) in [7, 11) is 0. The summed E-state index contributed by atoms with van der Waals surface area (Å²) in [6.07, 6.45) is 12.0. The normalized spacial score (nSPS) is 36.4. The second-order valence-corrected chi connectivity index (χ2v) is 13.6. The Morgan fingerprint density at radius 2 is 1.88 bits per heavy atom. The van der Waals surface area contributed by atoms with Crippen molar-refractivity contribution in [3.05, 3.63) is 36.4 Å². The molecule has 4 heterocycles. The predicted molar refractivity (Wildman–Crippen MR) is 160 cm³/mol. The third kappa shape index (κ3) is 5.23. The Morgan fingerprint density at radius 1 is 1.07 bits per heavy atom. The van der Waals surface area contributed by atoms with Crippen LogP contribution >= 0.6 is 11.8 Å². The summed E-state index contributed by atoms with van der Waals surface area (Å²) < 4.78 is 6.55. The van der Waals surface area contributed by atoms with Crippen LogP contribution in [0.4, 0.5) is 5.69 Å². The summed E-state index contributed by atoms with van der Waals surface area (Å²) in [5.74, 6) is -1.02. The van der Waals surface area contributed by atoms with Crippen molar-refractivity contribution in [2.24, 2.45) is 23.7 Å². The average molecular weight is 581 g/mol. The van der Waals surface area contributed by atoms with E-state index in [-0.39, 0.29) is 23.8 Å². The van der Waals surface area contributed by atoms with Gasteiger partial charge in [0.2, 0.25) is 17.7 Å². The van der Waals surface area contributed by atoms with Crippen LogP contribution in [0, 0.1) is 23.7 Å². The van der Waals surface area contributed by atoms with Crippen LogP contribution in [0.15, 0.2) is 41.3 Å². The van der Waals surface area contributed by atoms with E-state index in [0.717, 1.165) is 50.2 Å². The molecule has 4 aliphatic heterocycles. The van der Waals surface area contributed by atoms with Crippen molar-refractivity contribution in [2.75, 3.05) is 37.8 Å². The molecule has 1 aliphatic carbocycles. The molecule has 5 aliphatic rings. The zero-order chi connectivity index (χ0) is 28.7. The largest absolute Gasteiger partial charge is 0.359 e. The van der Waals surface area contributed by atoms with E-state index in [1.165, 1.54) is 12.8 Å². The molecule has 0 aromatic heterocycles. The standard InChI is InChI=1S/C32H44N4O4S/c1-20-9-7-12-24(21(20)2)34-30(38)28-32-14-13-25(40-32)26(29(37)33-22-10-8-11-23(19-22)41-3)27(32)31(39)36(28)18-17-35-15-5-4-6-16-35/h8,10-11,13-14,19-21,24-28H,4-7,9,12,15-18H2,1-3H3,(H,33,37)(H,34,38)/t20-,21+,24-,25+,26-,27+,28+,32+/m1/s1. The van der Waals surface area contributed by atoms with Gasteiger partial charge >= 0.3 is 0 Å². The number of amides is 3. The lowest BCUT2D eigenvalue weighted by molar-refractivity contribution is -0.142. The monoisotopic (exact) mass is 580 g/mol. The van der Waals surface area contributed by atoms with Crippen LogP contribution < -0.4 is 10.6 Å². The zero-order valence-electron chi connectivity index (χ0n) is 24.5. The van der Waals surface area contributed by atoms with Gasteiger partial charge in [-0.2, -0.15) is 0 Å². The number of anilines is 1. The fourth-order valence-electron chi connectivity index (χ4n) is 7.91. The van der Waals surface area contributed by atoms with Crippen LogP contribution in [0.2, 0.25) is 0 Å². The predicted octanol–water partition coefficient (Wildman–Crippen LogP) is 3.92. The van der Waals surface area contributed by atoms with Crippen molar-refractivity contribution in [1.29, 1.82) is 0 Å². The fourth-order valence-corrected chi connectivity index (χ4v) is 8.37. The van der Waals surface area contributed by atoms with Gasteiger partial charge in [-0.3, -0.25) is 14.4 Å². The second kappa shape index (κ2) is 11.7. The van der Waals surface area contributed by atoms with E-state index in [1.54, 1.807) is 16.7 Å². The number of thioether (sulfide) groups is 1. The lowest BCUT2D eigenvalue weighted by Crippen LogP contribution is -2.58. The number of piperidine rings is 1. The van der Waals surface area contributed by atoms with Gasteiger partial charge in [-0.25, -0.2) is 0 Å². The van der Waals surface area contributed by atoms with Gasteiger partial charge in [0.1, 0.15) is 11.6 Å². The second-order valence-electron chi connectivity index (χ2n) is 12.7. The molecule has 3 saturated heterocycles. The maximum absolute atomic E-state index is 14.3. The number of carbonyl (C=O) groups excluding carboxylic acids is 3. The Balaban J connectivity index is 1.27. The topological polar surface area (TPSA) is 91.0 Å². The Bertz CT molecular complexity index is 1200. The van der Waals surface area contributed by atoms with E-state index in [4.69, 9.17) is 4.74 Å². The molecule has 41 heavy (non-hydrogen) atoms. The number of hydrogen-bond donors (Lipinski definition) is 2. The van der Waals surface area contributed by atoms with E-state index in [1.807, 2.05) is 42.7 Å². The maximum atomic E-state index is 14.3. The van der Waals surface area contributed by atoms with Crippen molar-refractivity contribution in [3.63, 3.8) is 0 Å². The van der Waals surface area contributed by atoms with Crippen LogP contribution in [0.25, 0.3) is 0 Å². The first-order valence-electron chi connectivity index (χ1n) is 15.5. The minimum atomic E-state index is -1.12. The van der Waals surface area contributed by atoms with Gasteiger partial charge in [-0.05, 0) is 68.6 Å². The Hall–Kier alpha value is -2.36. The Kier molecular flexibility index (Phi) is 8.22. The highest BCUT2D eigenvalue weighted by Gasteiger charge is 2.72. The molecular formula is C32H44N4O4S. The molecule has 1 saturated carbocycles. The number of carbonyl (C=O) groups is 3. The average Bonchev–Trinajstić information content (AvgIpc) is 3.62. The number of nitrogens with one attached hydrogen (secondary N) is 2. The van der Waals surface area contributed by atoms with Crippen LogP contribution in [0.3, 0.4) is 0 Å². The summed E-state index contributed by atoms with van der Waals surface area (Å²) in [6.45, 7) is 7.68. The first-order chi connectivity index (χ1) is 19.8. The lowest BCUT2D eigenvalue weighted by Gasteiger charge is -2.38. The fraction of sp³-hybridized carbons (Fsp3) is 0.656. The van der Waals surface area contributed by atoms with Crippen molar-refractivity contribution >= 4 is 35.2 Å². The van der Waals surface area contributed by atoms with Gasteiger partial charge < -0.3 is 25.2 Å². The summed E-state index contributed by atoms with van der Waals surface area (Å²) in [5.41, 5.74) is -0.426. The van der Waals surface area contributed by atoms with Gasteiger partial charge in [0.05, 0.1) is 17.9 Å². The highest BCUT2D eigenvalue weighted by molar-refractivity contribution is 7.98. The van der Waals surface area contributed by atoms with E-state index < -0.39 is 29.6 Å². The van der Waals surface area contributed by atoms with Gasteiger partial charge in [-0.1, -0.05) is 51.3 Å². The van der Waals surface area contributed by atoms with Crippen molar-refractivity contribution in [1.82, 2.24) is 15.1 Å². The molecule has 1 aromatic rings. The van der Waals surface area contributed by atoms with Gasteiger partial charge in [0, 0.05) is 29.7 Å². The molecule has 3 amide bonds. The van der Waals surface area contributed by atoms with E-state index in [2.05, 4.69) is 29.4 Å². The third-order valence-corrected chi connectivity index (χ3v) is 11.1. The highest BCUT2D eigenvalue weighted by atomic mass is 32.2. The Labute approximate surface area is 248 Å². The maximum Gasteiger partial charge on any atom is 0.246 e. The molecular weight excluding hydrogens is 536 g/mol. The highest BCUT2D eigenvalue weighted by Crippen LogP contribution is 2.55. The molecule has 8 atom stereocenters. The van der Waals surface area contributed by atoms with Crippen molar-refractivity contribution in [2.45, 2.75) is 81.1 Å². The van der Waals surface area contributed by atoms with E-state index in [9.17, 15) is 14.4 Å². The molecule has 2 bridgehead atoms. The van der Waals surface area contributed by atoms with Crippen LogP contribution in [-0.4, -0.2) is 83.7 Å². The van der Waals surface area contributed by atoms with Crippen molar-refractivity contribution in [3.8, 4) is 0 Å². The van der Waals surface area contributed by atoms with Gasteiger partial charge in [0.25, 0.3) is 0 Å². The first kappa shape index (κ1) is 28.7. The summed E-state index contributed by atoms with van der Waals surface area (Å²) in [4.78, 5) is 47.4. The minimum Gasteiger partial charge on any atom is -0.359 e. The van der Waals surface area contributed by atoms with Crippen LogP contribution in [0.5, 0.6) is 0 Å². The van der Waals surface area contributed by atoms with Crippen LogP contribution in [0.1, 0.15) is 52.4 Å². The summed E-state index contributed by atoms with van der Waals surface area (Å²) in [5, 5.41) is 6.40. The zero-order valence-corrected chi connectivity index (χ0v) is 25.3. The Morgan fingerprint density at radius 3 is 2.66 bits per heavy atom. The molecule has 1 aromatic carbocycles. The number of likely N-dealkylation sites (tertiary alicyclic amines) is 2. The quantitative estimate of drug-likeness (QED) is 0.358. The number of hydrogen-bond acceptors (Lipinski definition) is 6. The molecule has 4 fully saturated rings. The first-order valence-corrected chi connectivity index (χ1v) is 16.7. The number of benzene rings is 1. The van der Waals surface area contributed by atoms with Crippen LogP contribution in [-0.2, 0) is 19.1 Å². The smallest absolute Gasteiger partial charge is 0.246 e. The summed E-state index contributed by atoms with van der Waals surface area (Å²) in [6, 6.07) is 7.00. The lowest BCUT2D eigenvalue weighted by atomic mass is 9.73. The number of fused-ring (bicyclic) bond motifs is 1. The van der Waals surface area contributed by atoms with Crippen molar-refractivity contribution < 1.29 is 19.1 Å². The molecule has 8 nitrogen and oxygen atoms in total. The number of nitrogens with zero attached hydrogens (tertiary/aromatic N) is 2. The number of ether oxygens (including phenoxy) is 1. The van der Waals surface area contributed by atoms with E-state index >= 15 is 0 Å². The molecule has 0 radical (unpaired) electrons. The summed E-state index contributed by atoms with van der Waals surface area (Å²) >= 11 is 1.61. The van der Waals surface area contributed by atoms with Gasteiger partial charge in [-0.15, -0.1) is 11.8 Å². The molecule has 0 unspecified atom stereocenters. The molecule has 9 heteroatoms. The minimum absolute atomic E-state index is 0.0751.